The number of carbonyl (C=O) groups excluding carboxylic acids is 1. The van der Waals surface area contributed by atoms with Gasteiger partial charge in [-0.05, 0) is 12.1 Å². The maximum Gasteiger partial charge on any atom is 0.256 e. The normalized spacial score (nSPS) is 10.2. The van der Waals surface area contributed by atoms with E-state index in [-0.39, 0.29) is 21.6 Å². The van der Waals surface area contributed by atoms with Crippen LogP contribution >= 0.6 is 23.2 Å². The van der Waals surface area contributed by atoms with Gasteiger partial charge >= 0.3 is 0 Å². The fourth-order valence-electron chi connectivity index (χ4n) is 1.24. The Morgan fingerprint density at radius 3 is 2.53 bits per heavy atom. The Hall–Kier alpha value is -1.72. The molecule has 0 fully saturated rings. The first-order chi connectivity index (χ1) is 8.08. The molecule has 1 amide bonds. The second-order valence-corrected chi connectivity index (χ2v) is 4.09. The van der Waals surface area contributed by atoms with E-state index in [4.69, 9.17) is 28.9 Å². The first kappa shape index (κ1) is 11.8. The number of carbonyl (C=O) groups is 1. The topological polar surface area (TPSA) is 83.8 Å². The van der Waals surface area contributed by atoms with Gasteiger partial charge in [0, 0.05) is 11.6 Å². The van der Waals surface area contributed by atoms with Crippen molar-refractivity contribution in [2.24, 2.45) is 0 Å². The largest absolute Gasteiger partial charge is 0.396 e. The molecule has 0 aliphatic carbocycles. The number of aromatic amines is 1. The number of anilines is 2. The minimum Gasteiger partial charge on any atom is -0.396 e. The zero-order chi connectivity index (χ0) is 12.4. The third kappa shape index (κ3) is 2.51. The van der Waals surface area contributed by atoms with E-state index in [0.29, 0.717) is 11.4 Å². The monoisotopic (exact) mass is 270 g/mol. The van der Waals surface area contributed by atoms with Crippen molar-refractivity contribution < 1.29 is 4.79 Å². The molecule has 2 aromatic rings. The first-order valence-corrected chi connectivity index (χ1v) is 5.39. The molecule has 1 aromatic heterocycles. The number of rotatable bonds is 2. The fourth-order valence-corrected chi connectivity index (χ4v) is 1.72. The number of H-pyrrole nitrogens is 1. The zero-order valence-electron chi connectivity index (χ0n) is 8.50. The first-order valence-electron chi connectivity index (χ1n) is 4.63. The van der Waals surface area contributed by atoms with E-state index in [0.717, 1.165) is 0 Å². The van der Waals surface area contributed by atoms with Crippen molar-refractivity contribution in [3.8, 4) is 0 Å². The van der Waals surface area contributed by atoms with E-state index < -0.39 is 0 Å². The standard InChI is InChI=1S/C10H8Cl2N4O/c11-6-3-5(4-7(12)9(6)13)10(17)15-8-1-2-14-16-8/h1-4H,13H2,(H2,14,15,16,17). The van der Waals surface area contributed by atoms with Gasteiger partial charge in [0.15, 0.2) is 0 Å². The van der Waals surface area contributed by atoms with Gasteiger partial charge in [0.1, 0.15) is 5.82 Å². The molecule has 0 unspecified atom stereocenters. The van der Waals surface area contributed by atoms with Gasteiger partial charge in [0.25, 0.3) is 5.91 Å². The molecule has 88 valence electrons. The van der Waals surface area contributed by atoms with E-state index in [2.05, 4.69) is 15.5 Å². The van der Waals surface area contributed by atoms with Crippen LogP contribution in [0.3, 0.4) is 0 Å². The van der Waals surface area contributed by atoms with E-state index in [1.807, 2.05) is 0 Å². The maximum absolute atomic E-state index is 11.8. The molecular weight excluding hydrogens is 263 g/mol. The van der Waals surface area contributed by atoms with Crippen LogP contribution in [0.5, 0.6) is 0 Å². The second-order valence-electron chi connectivity index (χ2n) is 3.28. The Bertz CT molecular complexity index is 530. The van der Waals surface area contributed by atoms with Crippen LogP contribution in [-0.4, -0.2) is 16.1 Å². The molecule has 0 bridgehead atoms. The minimum absolute atomic E-state index is 0.243. The van der Waals surface area contributed by atoms with Crippen LogP contribution in [-0.2, 0) is 0 Å². The van der Waals surface area contributed by atoms with Gasteiger partial charge in [-0.2, -0.15) is 5.10 Å². The van der Waals surface area contributed by atoms with Crippen LogP contribution in [0.1, 0.15) is 10.4 Å². The van der Waals surface area contributed by atoms with Crippen LogP contribution in [0.15, 0.2) is 24.4 Å². The average Bonchev–Trinajstić information content (AvgIpc) is 2.77. The molecule has 0 atom stereocenters. The highest BCUT2D eigenvalue weighted by atomic mass is 35.5. The number of hydrogen-bond acceptors (Lipinski definition) is 3. The minimum atomic E-state index is -0.349. The van der Waals surface area contributed by atoms with Crippen LogP contribution in [0.2, 0.25) is 10.0 Å². The Balaban J connectivity index is 2.26. The lowest BCUT2D eigenvalue weighted by Crippen LogP contribution is -2.12. The summed E-state index contributed by atoms with van der Waals surface area (Å²) in [6, 6.07) is 4.53. The van der Waals surface area contributed by atoms with Crippen LogP contribution in [0.4, 0.5) is 11.5 Å². The summed E-state index contributed by atoms with van der Waals surface area (Å²) in [6.07, 6.45) is 1.53. The average molecular weight is 271 g/mol. The molecule has 0 spiro atoms. The summed E-state index contributed by atoms with van der Waals surface area (Å²) in [7, 11) is 0. The number of nitrogens with two attached hydrogens (primary N) is 1. The summed E-state index contributed by atoms with van der Waals surface area (Å²) in [5.74, 6) is 0.136. The molecule has 0 aliphatic heterocycles. The van der Waals surface area contributed by atoms with Crippen LogP contribution in [0, 0.1) is 0 Å². The summed E-state index contributed by atoms with van der Waals surface area (Å²) in [4.78, 5) is 11.8. The lowest BCUT2D eigenvalue weighted by atomic mass is 10.2. The predicted molar refractivity (Wildman–Crippen MR) is 67.4 cm³/mol. The van der Waals surface area contributed by atoms with Crippen molar-refractivity contribution in [3.63, 3.8) is 0 Å². The smallest absolute Gasteiger partial charge is 0.256 e. The summed E-state index contributed by atoms with van der Waals surface area (Å²) in [5.41, 5.74) is 6.15. The number of benzene rings is 1. The van der Waals surface area contributed by atoms with Gasteiger partial charge in [0.2, 0.25) is 0 Å². The van der Waals surface area contributed by atoms with Gasteiger partial charge in [-0.1, -0.05) is 23.2 Å². The SMILES string of the molecule is Nc1c(Cl)cc(C(=O)Nc2ccn[nH]2)cc1Cl. The van der Waals surface area contributed by atoms with Gasteiger partial charge < -0.3 is 11.1 Å². The van der Waals surface area contributed by atoms with E-state index in [9.17, 15) is 4.79 Å². The molecule has 17 heavy (non-hydrogen) atoms. The Kier molecular flexibility index (Phi) is 3.21. The van der Waals surface area contributed by atoms with Gasteiger partial charge in [-0.25, -0.2) is 0 Å². The summed E-state index contributed by atoms with van der Waals surface area (Å²) in [6.45, 7) is 0. The molecule has 0 aliphatic rings. The highest BCUT2D eigenvalue weighted by molar-refractivity contribution is 6.39. The molecule has 4 N–H and O–H groups in total. The highest BCUT2D eigenvalue weighted by Crippen LogP contribution is 2.29. The number of halogens is 2. The lowest BCUT2D eigenvalue weighted by Gasteiger charge is -2.06. The molecule has 5 nitrogen and oxygen atoms in total. The predicted octanol–water partition coefficient (Wildman–Crippen LogP) is 2.55. The molecule has 1 heterocycles. The van der Waals surface area contributed by atoms with Gasteiger partial charge in [-0.3, -0.25) is 9.89 Å². The van der Waals surface area contributed by atoms with Crippen molar-refractivity contribution in [1.29, 1.82) is 0 Å². The fraction of sp³-hybridized carbons (Fsp3) is 0. The van der Waals surface area contributed by atoms with Crippen LogP contribution < -0.4 is 11.1 Å². The molecular formula is C10H8Cl2N4O. The zero-order valence-corrected chi connectivity index (χ0v) is 10.0. The molecule has 0 saturated carbocycles. The lowest BCUT2D eigenvalue weighted by molar-refractivity contribution is 0.102. The Morgan fingerprint density at radius 2 is 2.00 bits per heavy atom. The van der Waals surface area contributed by atoms with Gasteiger partial charge in [-0.15, -0.1) is 0 Å². The molecule has 7 heteroatoms. The molecule has 2 rings (SSSR count). The summed E-state index contributed by atoms with van der Waals surface area (Å²) >= 11 is 11.7. The maximum atomic E-state index is 11.8. The summed E-state index contributed by atoms with van der Waals surface area (Å²) < 4.78 is 0. The Morgan fingerprint density at radius 1 is 1.35 bits per heavy atom. The number of aromatic nitrogens is 2. The van der Waals surface area contributed by atoms with Crippen molar-refractivity contribution >= 4 is 40.6 Å². The quantitative estimate of drug-likeness (QED) is 0.734. The van der Waals surface area contributed by atoms with Gasteiger partial charge in [0.05, 0.1) is 21.9 Å². The number of nitrogens with zero attached hydrogens (tertiary/aromatic N) is 1. The van der Waals surface area contributed by atoms with Crippen molar-refractivity contribution in [2.45, 2.75) is 0 Å². The highest BCUT2D eigenvalue weighted by Gasteiger charge is 2.11. The van der Waals surface area contributed by atoms with Crippen LogP contribution in [0.25, 0.3) is 0 Å². The number of hydrogen-bond donors (Lipinski definition) is 3. The third-order valence-electron chi connectivity index (χ3n) is 2.09. The number of nitrogens with one attached hydrogen (secondary N) is 2. The van der Waals surface area contributed by atoms with Crippen molar-refractivity contribution in [3.05, 3.63) is 40.0 Å². The van der Waals surface area contributed by atoms with Crippen molar-refractivity contribution in [1.82, 2.24) is 10.2 Å². The molecule has 0 saturated heterocycles. The summed E-state index contributed by atoms with van der Waals surface area (Å²) in [5, 5.41) is 9.39. The second kappa shape index (κ2) is 4.65. The van der Waals surface area contributed by atoms with E-state index in [1.165, 1.54) is 18.3 Å². The molecule has 0 radical (unpaired) electrons. The van der Waals surface area contributed by atoms with E-state index in [1.54, 1.807) is 6.07 Å². The third-order valence-corrected chi connectivity index (χ3v) is 2.72. The Labute approximate surface area is 107 Å². The molecule has 1 aromatic carbocycles. The number of nitrogen functional groups attached to an aromatic ring is 1. The van der Waals surface area contributed by atoms with E-state index >= 15 is 0 Å². The van der Waals surface area contributed by atoms with Crippen molar-refractivity contribution in [2.75, 3.05) is 11.1 Å². The number of amides is 1.